The zero-order valence-electron chi connectivity index (χ0n) is 45.0. The van der Waals surface area contributed by atoms with Crippen LogP contribution in [0.1, 0.15) is 168 Å². The molecule has 14 nitrogen and oxygen atoms in total. The van der Waals surface area contributed by atoms with E-state index < -0.39 is 86.8 Å². The van der Waals surface area contributed by atoms with Crippen LogP contribution in [0.15, 0.2) is 109 Å². The highest BCUT2D eigenvalue weighted by Crippen LogP contribution is 2.30. The minimum atomic E-state index is -1.80. The summed E-state index contributed by atoms with van der Waals surface area (Å²) < 4.78 is 22.7. The van der Waals surface area contributed by atoms with Gasteiger partial charge in [-0.2, -0.15) is 0 Å². The highest BCUT2D eigenvalue weighted by molar-refractivity contribution is 5.76. The van der Waals surface area contributed by atoms with Gasteiger partial charge in [-0.15, -0.1) is 0 Å². The van der Waals surface area contributed by atoms with Crippen LogP contribution in [0.5, 0.6) is 0 Å². The van der Waals surface area contributed by atoms with Crippen molar-refractivity contribution in [3.63, 3.8) is 0 Å². The number of hydrogen-bond acceptors (Lipinski definition) is 13. The van der Waals surface area contributed by atoms with E-state index in [2.05, 4.69) is 116 Å². The van der Waals surface area contributed by atoms with Crippen LogP contribution in [0.25, 0.3) is 0 Å². The quantitative estimate of drug-likeness (QED) is 0.0206. The van der Waals surface area contributed by atoms with E-state index in [0.29, 0.717) is 12.8 Å². The van der Waals surface area contributed by atoms with E-state index in [1.54, 1.807) is 6.08 Å². The van der Waals surface area contributed by atoms with E-state index >= 15 is 0 Å². The molecular weight excluding hydrogens is 943 g/mol. The van der Waals surface area contributed by atoms with E-state index in [9.17, 15) is 45.6 Å². The maximum absolute atomic E-state index is 13.2. The maximum atomic E-state index is 13.2. The Morgan fingerprint density at radius 1 is 0.500 bits per heavy atom. The van der Waals surface area contributed by atoms with Crippen LogP contribution < -0.4 is 5.32 Å². The lowest BCUT2D eigenvalue weighted by Gasteiger charge is -2.46. The van der Waals surface area contributed by atoms with Gasteiger partial charge in [-0.05, 0) is 89.9 Å². The number of aliphatic hydroxyl groups is 8. The molecule has 422 valence electrons. The Balaban J connectivity index is 1.73. The Morgan fingerprint density at radius 2 is 0.946 bits per heavy atom. The lowest BCUT2D eigenvalue weighted by atomic mass is 9.97. The second-order valence-corrected chi connectivity index (χ2v) is 19.3. The summed E-state index contributed by atoms with van der Waals surface area (Å²) in [6.45, 7) is 2.59. The van der Waals surface area contributed by atoms with Gasteiger partial charge in [-0.1, -0.05) is 181 Å². The van der Waals surface area contributed by atoms with Gasteiger partial charge in [0.25, 0.3) is 0 Å². The number of aliphatic hydroxyl groups excluding tert-OH is 8. The molecule has 2 fully saturated rings. The fraction of sp³-hybridized carbons (Fsp3) is 0.683. The fourth-order valence-corrected chi connectivity index (χ4v) is 8.40. The molecule has 0 aromatic rings. The van der Waals surface area contributed by atoms with Crippen molar-refractivity contribution in [3.8, 4) is 0 Å². The maximum Gasteiger partial charge on any atom is 0.220 e. The van der Waals surface area contributed by atoms with Gasteiger partial charge in [-0.3, -0.25) is 4.79 Å². The number of allylic oxidation sites excluding steroid dienone is 17. The molecule has 0 spiro atoms. The predicted molar refractivity (Wildman–Crippen MR) is 295 cm³/mol. The lowest BCUT2D eigenvalue weighted by Crippen LogP contribution is -2.65. The molecule has 9 N–H and O–H groups in total. The summed E-state index contributed by atoms with van der Waals surface area (Å²) in [4.78, 5) is 13.2. The van der Waals surface area contributed by atoms with Gasteiger partial charge in [0.15, 0.2) is 12.6 Å². The molecule has 2 aliphatic rings. The van der Waals surface area contributed by atoms with Gasteiger partial charge >= 0.3 is 0 Å². The van der Waals surface area contributed by atoms with Crippen molar-refractivity contribution in [3.05, 3.63) is 109 Å². The summed E-state index contributed by atoms with van der Waals surface area (Å²) in [7, 11) is 0. The normalized spacial score (nSPS) is 26.1. The van der Waals surface area contributed by atoms with Crippen molar-refractivity contribution in [1.82, 2.24) is 5.32 Å². The van der Waals surface area contributed by atoms with Crippen LogP contribution in [-0.2, 0) is 23.7 Å². The number of carbonyl (C=O) groups is 1. The van der Waals surface area contributed by atoms with Gasteiger partial charge in [0.1, 0.15) is 48.8 Å². The Kier molecular flexibility index (Phi) is 40.4. The Morgan fingerprint density at radius 3 is 1.49 bits per heavy atom. The van der Waals surface area contributed by atoms with Crippen LogP contribution in [0.3, 0.4) is 0 Å². The number of amides is 1. The van der Waals surface area contributed by atoms with Gasteiger partial charge in [-0.25, -0.2) is 0 Å². The van der Waals surface area contributed by atoms with E-state index in [1.807, 2.05) is 6.08 Å². The van der Waals surface area contributed by atoms with Crippen molar-refractivity contribution in [2.45, 2.75) is 242 Å². The fourth-order valence-electron chi connectivity index (χ4n) is 8.40. The van der Waals surface area contributed by atoms with Crippen LogP contribution in [0, 0.1) is 0 Å². The highest BCUT2D eigenvalue weighted by atomic mass is 16.7. The molecule has 2 aliphatic heterocycles. The second-order valence-electron chi connectivity index (χ2n) is 19.3. The molecule has 0 bridgehead atoms. The van der Waals surface area contributed by atoms with Gasteiger partial charge in [0.05, 0.1) is 32.0 Å². The molecule has 74 heavy (non-hydrogen) atoms. The topological polar surface area (TPSA) is 228 Å². The van der Waals surface area contributed by atoms with Crippen molar-refractivity contribution in [2.75, 3.05) is 19.8 Å². The molecular formula is C60H99NO13. The first-order chi connectivity index (χ1) is 36.1. The standard InChI is InChI=1S/C60H99NO13/c1-3-5-7-9-11-13-15-16-17-18-19-20-21-22-23-24-25-26-27-28-29-30-31-32-34-36-38-40-42-44-52(65)61-48(49(64)43-41-39-37-35-33-14-12-10-8-6-4-2)47-71-59-57(70)55(68)58(51(46-63)73-59)74-60-56(69)54(67)53(66)50(45-62)72-60/h5,7,11,13,16-17,19-20,22-23,25-26,28-29,33,35,41,43,48-51,53-60,62-64,66-70H,3-4,6,8-10,12,14-15,18,21,24,27,30-32,34,36-40,42,44-47H2,1-2H3,(H,61,65)/b7-5-,13-11-,17-16-,20-19-,23-22-,26-25-,29-28-,35-33+,43-41+. The van der Waals surface area contributed by atoms with Crippen LogP contribution >= 0.6 is 0 Å². The summed E-state index contributed by atoms with van der Waals surface area (Å²) in [5.41, 5.74) is 0. The van der Waals surface area contributed by atoms with Crippen molar-refractivity contribution >= 4 is 5.91 Å². The van der Waals surface area contributed by atoms with E-state index in [-0.39, 0.29) is 18.9 Å². The van der Waals surface area contributed by atoms with Crippen molar-refractivity contribution in [2.24, 2.45) is 0 Å². The molecule has 2 rings (SSSR count). The molecule has 12 atom stereocenters. The smallest absolute Gasteiger partial charge is 0.220 e. The molecule has 0 aromatic carbocycles. The first-order valence-electron chi connectivity index (χ1n) is 28.1. The Hall–Kier alpha value is -3.35. The van der Waals surface area contributed by atoms with E-state index in [1.165, 1.54) is 32.1 Å². The number of carbonyl (C=O) groups excluding carboxylic acids is 1. The average molecular weight is 1040 g/mol. The summed E-state index contributed by atoms with van der Waals surface area (Å²) in [6, 6.07) is -0.944. The second kappa shape index (κ2) is 44.7. The van der Waals surface area contributed by atoms with E-state index in [0.717, 1.165) is 103 Å². The third kappa shape index (κ3) is 30.4. The molecule has 14 heteroatoms. The zero-order chi connectivity index (χ0) is 53.9. The minimum absolute atomic E-state index is 0.253. The van der Waals surface area contributed by atoms with Gasteiger partial charge in [0.2, 0.25) is 5.91 Å². The molecule has 12 unspecified atom stereocenters. The molecule has 1 amide bonds. The Bertz CT molecular complexity index is 1650. The SMILES string of the molecule is CC/C=C\C/C=C\C/C=C\C/C=C\C/C=C\C/C=C\C/C=C\CCCCCCCCCC(=O)NC(COC1OC(CO)C(OC2OC(CO)C(O)C(O)C2O)C(O)C1O)C(O)/C=C/CC/C=C/CCCCCCC. The van der Waals surface area contributed by atoms with Crippen molar-refractivity contribution in [1.29, 1.82) is 0 Å². The van der Waals surface area contributed by atoms with Crippen LogP contribution in [0.4, 0.5) is 0 Å². The average Bonchev–Trinajstić information content (AvgIpc) is 3.40. The number of hydrogen-bond donors (Lipinski definition) is 9. The first-order valence-corrected chi connectivity index (χ1v) is 28.1. The summed E-state index contributed by atoms with van der Waals surface area (Å²) in [5, 5.41) is 86.8. The highest BCUT2D eigenvalue weighted by Gasteiger charge is 2.51. The third-order valence-electron chi connectivity index (χ3n) is 12.9. The van der Waals surface area contributed by atoms with Crippen LogP contribution in [-0.4, -0.2) is 140 Å². The number of nitrogens with one attached hydrogen (secondary N) is 1. The molecule has 0 radical (unpaired) electrons. The summed E-state index contributed by atoms with van der Waals surface area (Å²) >= 11 is 0. The summed E-state index contributed by atoms with van der Waals surface area (Å²) in [5.74, 6) is -0.268. The van der Waals surface area contributed by atoms with Crippen molar-refractivity contribution < 1.29 is 64.6 Å². The molecule has 0 saturated carbocycles. The molecule has 2 saturated heterocycles. The molecule has 0 aromatic heterocycles. The zero-order valence-corrected chi connectivity index (χ0v) is 45.0. The number of unbranched alkanes of at least 4 members (excludes halogenated alkanes) is 13. The molecule has 0 aliphatic carbocycles. The number of ether oxygens (including phenoxy) is 4. The van der Waals surface area contributed by atoms with Gasteiger partial charge in [0, 0.05) is 6.42 Å². The third-order valence-corrected chi connectivity index (χ3v) is 12.9. The first kappa shape index (κ1) is 66.8. The minimum Gasteiger partial charge on any atom is -0.394 e. The predicted octanol–water partition coefficient (Wildman–Crippen LogP) is 8.88. The van der Waals surface area contributed by atoms with Gasteiger partial charge < -0.3 is 65.1 Å². The largest absolute Gasteiger partial charge is 0.394 e. The Labute approximate surface area is 445 Å². The molecule has 2 heterocycles. The monoisotopic (exact) mass is 1040 g/mol. The number of rotatable bonds is 42. The summed E-state index contributed by atoms with van der Waals surface area (Å²) in [6.07, 6.45) is 45.6. The lowest BCUT2D eigenvalue weighted by molar-refractivity contribution is -0.359. The van der Waals surface area contributed by atoms with Crippen LogP contribution in [0.2, 0.25) is 0 Å². The van der Waals surface area contributed by atoms with E-state index in [4.69, 9.17) is 18.9 Å².